The molecule has 0 N–H and O–H groups in total. The molecular weight excluding hydrogens is 260 g/mol. The Bertz CT molecular complexity index is 511. The predicted molar refractivity (Wildman–Crippen MR) is 60.1 cm³/mol. The Morgan fingerprint density at radius 2 is 2.11 bits per heavy atom. The van der Waals surface area contributed by atoms with Crippen molar-refractivity contribution in [2.24, 2.45) is 0 Å². The third-order valence-corrected chi connectivity index (χ3v) is 2.30. The minimum Gasteiger partial charge on any atom is -0.495 e. The second-order valence-corrected chi connectivity index (χ2v) is 3.37. The van der Waals surface area contributed by atoms with Gasteiger partial charge in [0.1, 0.15) is 17.4 Å². The van der Waals surface area contributed by atoms with Crippen LogP contribution in [-0.4, -0.2) is 26.8 Å². The lowest BCUT2D eigenvalue weighted by Crippen LogP contribution is -2.11. The molecule has 0 radical (unpaired) electrons. The zero-order chi connectivity index (χ0) is 14.4. The van der Waals surface area contributed by atoms with E-state index in [9.17, 15) is 13.6 Å². The number of hydrogen-bond donors (Lipinski definition) is 0. The summed E-state index contributed by atoms with van der Waals surface area (Å²) in [5.41, 5.74) is -0.0614. The predicted octanol–water partition coefficient (Wildman–Crippen LogP) is 1.88. The van der Waals surface area contributed by atoms with Gasteiger partial charge in [0.2, 0.25) is 0 Å². The van der Waals surface area contributed by atoms with E-state index >= 15 is 0 Å². The van der Waals surface area contributed by atoms with E-state index in [1.807, 2.05) is 0 Å². The SMILES string of the molecule is COC(=O)Cc1ccc(OC)c(C#N)c1OC(F)F. The molecule has 0 bridgehead atoms. The number of benzene rings is 1. The molecule has 1 rings (SSSR count). The monoisotopic (exact) mass is 271 g/mol. The van der Waals surface area contributed by atoms with Crippen LogP contribution < -0.4 is 9.47 Å². The summed E-state index contributed by atoms with van der Waals surface area (Å²) in [6.45, 7) is -3.12. The standard InChI is InChI=1S/C12H11F2NO4/c1-17-9-4-3-7(5-10(16)18-2)11(8(9)6-15)19-12(13)14/h3-4,12H,5H2,1-2H3. The number of carbonyl (C=O) groups is 1. The van der Waals surface area contributed by atoms with Crippen molar-refractivity contribution in [3.63, 3.8) is 0 Å². The summed E-state index contributed by atoms with van der Waals surface area (Å²) in [5, 5.41) is 8.99. The molecule has 0 amide bonds. The first-order valence-corrected chi connectivity index (χ1v) is 5.15. The van der Waals surface area contributed by atoms with E-state index in [4.69, 9.17) is 10.00 Å². The Labute approximate surface area is 108 Å². The van der Waals surface area contributed by atoms with Gasteiger partial charge in [0, 0.05) is 5.56 Å². The number of rotatable bonds is 5. The number of carbonyl (C=O) groups excluding carboxylic acids is 1. The summed E-state index contributed by atoms with van der Waals surface area (Å²) in [7, 11) is 2.47. The van der Waals surface area contributed by atoms with Crippen molar-refractivity contribution in [3.05, 3.63) is 23.3 Å². The van der Waals surface area contributed by atoms with Crippen molar-refractivity contribution < 1.29 is 27.8 Å². The number of nitrogens with zero attached hydrogens (tertiary/aromatic N) is 1. The Hall–Kier alpha value is -2.36. The average molecular weight is 271 g/mol. The summed E-state index contributed by atoms with van der Waals surface area (Å²) >= 11 is 0. The summed E-state index contributed by atoms with van der Waals surface area (Å²) in [5.74, 6) is -0.915. The highest BCUT2D eigenvalue weighted by Crippen LogP contribution is 2.33. The summed E-state index contributed by atoms with van der Waals surface area (Å²) in [6.07, 6.45) is -0.281. The third kappa shape index (κ3) is 3.55. The molecule has 0 aliphatic carbocycles. The van der Waals surface area contributed by atoms with Gasteiger partial charge in [0.05, 0.1) is 20.6 Å². The first-order chi connectivity index (χ1) is 9.03. The lowest BCUT2D eigenvalue weighted by atomic mass is 10.1. The summed E-state index contributed by atoms with van der Waals surface area (Å²) in [6, 6.07) is 4.48. The van der Waals surface area contributed by atoms with E-state index in [1.54, 1.807) is 6.07 Å². The molecule has 0 aliphatic heterocycles. The van der Waals surface area contributed by atoms with Gasteiger partial charge in [-0.25, -0.2) is 0 Å². The molecule has 7 heteroatoms. The van der Waals surface area contributed by atoms with Crippen molar-refractivity contribution in [2.45, 2.75) is 13.0 Å². The molecular formula is C12H11F2NO4. The normalized spacial score (nSPS) is 9.89. The molecule has 102 valence electrons. The van der Waals surface area contributed by atoms with Crippen LogP contribution in [0.4, 0.5) is 8.78 Å². The van der Waals surface area contributed by atoms with Gasteiger partial charge in [-0.1, -0.05) is 6.07 Å². The molecule has 1 aromatic rings. The van der Waals surface area contributed by atoms with Crippen LogP contribution in [0, 0.1) is 11.3 Å². The first kappa shape index (κ1) is 14.7. The molecule has 1 aromatic carbocycles. The molecule has 5 nitrogen and oxygen atoms in total. The molecule has 0 heterocycles. The molecule has 0 fully saturated rings. The van der Waals surface area contributed by atoms with Gasteiger partial charge in [-0.2, -0.15) is 14.0 Å². The fourth-order valence-electron chi connectivity index (χ4n) is 1.47. The van der Waals surface area contributed by atoms with Crippen LogP contribution in [0.15, 0.2) is 12.1 Å². The molecule has 0 saturated heterocycles. The van der Waals surface area contributed by atoms with Crippen LogP contribution in [0.2, 0.25) is 0 Å². The first-order valence-electron chi connectivity index (χ1n) is 5.15. The zero-order valence-corrected chi connectivity index (χ0v) is 10.3. The third-order valence-electron chi connectivity index (χ3n) is 2.30. The van der Waals surface area contributed by atoms with E-state index in [2.05, 4.69) is 9.47 Å². The maximum absolute atomic E-state index is 12.4. The molecule has 0 spiro atoms. The van der Waals surface area contributed by atoms with E-state index in [0.29, 0.717) is 0 Å². The molecule has 0 atom stereocenters. The van der Waals surface area contributed by atoms with Crippen LogP contribution in [0.3, 0.4) is 0 Å². The van der Waals surface area contributed by atoms with E-state index < -0.39 is 12.6 Å². The second-order valence-electron chi connectivity index (χ2n) is 3.37. The maximum atomic E-state index is 12.4. The Kier molecular flexibility index (Phi) is 5.06. The quantitative estimate of drug-likeness (QED) is 0.765. The summed E-state index contributed by atoms with van der Waals surface area (Å²) < 4.78 is 38.4. The molecule has 0 aromatic heterocycles. The topological polar surface area (TPSA) is 68.5 Å². The van der Waals surface area contributed by atoms with Crippen molar-refractivity contribution >= 4 is 5.97 Å². The zero-order valence-electron chi connectivity index (χ0n) is 10.3. The lowest BCUT2D eigenvalue weighted by molar-refractivity contribution is -0.139. The number of nitriles is 1. The van der Waals surface area contributed by atoms with Gasteiger partial charge in [0.15, 0.2) is 5.75 Å². The van der Waals surface area contributed by atoms with Gasteiger partial charge in [-0.05, 0) is 6.07 Å². The number of hydrogen-bond acceptors (Lipinski definition) is 5. The van der Waals surface area contributed by atoms with Crippen LogP contribution in [0.1, 0.15) is 11.1 Å². The van der Waals surface area contributed by atoms with Crippen LogP contribution in [0.25, 0.3) is 0 Å². The fraction of sp³-hybridized carbons (Fsp3) is 0.333. The van der Waals surface area contributed by atoms with Gasteiger partial charge in [0.25, 0.3) is 0 Å². The Morgan fingerprint density at radius 1 is 1.42 bits per heavy atom. The molecule has 0 unspecified atom stereocenters. The van der Waals surface area contributed by atoms with Crippen molar-refractivity contribution in [3.8, 4) is 17.6 Å². The Morgan fingerprint density at radius 3 is 2.58 bits per heavy atom. The van der Waals surface area contributed by atoms with Crippen molar-refractivity contribution in [2.75, 3.05) is 14.2 Å². The van der Waals surface area contributed by atoms with Crippen LogP contribution in [0.5, 0.6) is 11.5 Å². The lowest BCUT2D eigenvalue weighted by Gasteiger charge is -2.14. The van der Waals surface area contributed by atoms with Crippen molar-refractivity contribution in [1.82, 2.24) is 0 Å². The number of methoxy groups -OCH3 is 2. The maximum Gasteiger partial charge on any atom is 0.387 e. The van der Waals surface area contributed by atoms with E-state index in [-0.39, 0.29) is 29.0 Å². The van der Waals surface area contributed by atoms with Gasteiger partial charge in [-0.3, -0.25) is 4.79 Å². The smallest absolute Gasteiger partial charge is 0.387 e. The highest BCUT2D eigenvalue weighted by atomic mass is 19.3. The second kappa shape index (κ2) is 6.54. The highest BCUT2D eigenvalue weighted by Gasteiger charge is 2.20. The number of ether oxygens (including phenoxy) is 3. The fourth-order valence-corrected chi connectivity index (χ4v) is 1.47. The van der Waals surface area contributed by atoms with E-state index in [0.717, 1.165) is 0 Å². The average Bonchev–Trinajstić information content (AvgIpc) is 2.39. The minimum atomic E-state index is -3.12. The number of halogens is 2. The molecule has 0 aliphatic rings. The van der Waals surface area contributed by atoms with E-state index in [1.165, 1.54) is 26.4 Å². The van der Waals surface area contributed by atoms with Crippen molar-refractivity contribution in [1.29, 1.82) is 5.26 Å². The summed E-state index contributed by atoms with van der Waals surface area (Å²) in [4.78, 5) is 11.2. The van der Waals surface area contributed by atoms with Gasteiger partial charge >= 0.3 is 12.6 Å². The highest BCUT2D eigenvalue weighted by molar-refractivity contribution is 5.74. The van der Waals surface area contributed by atoms with Gasteiger partial charge < -0.3 is 14.2 Å². The molecule has 19 heavy (non-hydrogen) atoms. The minimum absolute atomic E-state index is 0.0896. The Balaban J connectivity index is 3.30. The van der Waals surface area contributed by atoms with Gasteiger partial charge in [-0.15, -0.1) is 0 Å². The molecule has 0 saturated carbocycles. The van der Waals surface area contributed by atoms with Crippen LogP contribution >= 0.6 is 0 Å². The number of esters is 1. The largest absolute Gasteiger partial charge is 0.495 e. The number of alkyl halides is 2. The van der Waals surface area contributed by atoms with Crippen LogP contribution in [-0.2, 0) is 16.0 Å².